The summed E-state index contributed by atoms with van der Waals surface area (Å²) in [6.07, 6.45) is 3.35. The Hall–Kier alpha value is -1.46. The Kier molecular flexibility index (Phi) is 4.73. The average molecular weight is 298 g/mol. The van der Waals surface area contributed by atoms with Crippen LogP contribution < -0.4 is 5.32 Å². The SMILES string of the molecule is Cc1ccc(-c2noc([C@@H]3CCCCN3)n2)cc1F.Cl. The molecule has 6 heteroatoms. The molecule has 0 bridgehead atoms. The van der Waals surface area contributed by atoms with Gasteiger partial charge in [-0.15, -0.1) is 12.4 Å². The lowest BCUT2D eigenvalue weighted by molar-refractivity contribution is 0.297. The minimum atomic E-state index is -0.250. The predicted molar refractivity (Wildman–Crippen MR) is 76.3 cm³/mol. The van der Waals surface area contributed by atoms with Gasteiger partial charge in [0.1, 0.15) is 5.82 Å². The van der Waals surface area contributed by atoms with Gasteiger partial charge in [0, 0.05) is 5.56 Å². The molecule has 20 heavy (non-hydrogen) atoms. The molecular formula is C14H17ClFN3O. The fraction of sp³-hybridized carbons (Fsp3) is 0.429. The Morgan fingerprint density at radius 2 is 2.20 bits per heavy atom. The second-order valence-corrected chi connectivity index (χ2v) is 4.92. The second kappa shape index (κ2) is 6.33. The average Bonchev–Trinajstić information content (AvgIpc) is 2.93. The van der Waals surface area contributed by atoms with Crippen LogP contribution in [-0.4, -0.2) is 16.7 Å². The highest BCUT2D eigenvalue weighted by Gasteiger charge is 2.21. The molecule has 2 aromatic rings. The van der Waals surface area contributed by atoms with Crippen LogP contribution in [0.5, 0.6) is 0 Å². The van der Waals surface area contributed by atoms with Crippen LogP contribution >= 0.6 is 12.4 Å². The van der Waals surface area contributed by atoms with Gasteiger partial charge in [0.2, 0.25) is 11.7 Å². The van der Waals surface area contributed by atoms with E-state index < -0.39 is 0 Å². The number of hydrogen-bond acceptors (Lipinski definition) is 4. The van der Waals surface area contributed by atoms with Gasteiger partial charge in [-0.05, 0) is 37.9 Å². The van der Waals surface area contributed by atoms with Crippen molar-refractivity contribution in [2.45, 2.75) is 32.2 Å². The van der Waals surface area contributed by atoms with E-state index in [1.54, 1.807) is 19.1 Å². The molecule has 1 fully saturated rings. The predicted octanol–water partition coefficient (Wildman–Crippen LogP) is 3.42. The Balaban J connectivity index is 0.00000147. The van der Waals surface area contributed by atoms with E-state index in [9.17, 15) is 4.39 Å². The zero-order valence-corrected chi connectivity index (χ0v) is 12.0. The summed E-state index contributed by atoms with van der Waals surface area (Å²) in [4.78, 5) is 4.37. The third kappa shape index (κ3) is 2.99. The molecule has 2 heterocycles. The van der Waals surface area contributed by atoms with E-state index in [0.29, 0.717) is 22.8 Å². The summed E-state index contributed by atoms with van der Waals surface area (Å²) >= 11 is 0. The highest BCUT2D eigenvalue weighted by molar-refractivity contribution is 5.85. The number of rotatable bonds is 2. The maximum Gasteiger partial charge on any atom is 0.244 e. The van der Waals surface area contributed by atoms with Gasteiger partial charge < -0.3 is 9.84 Å². The maximum absolute atomic E-state index is 13.5. The Morgan fingerprint density at radius 3 is 2.90 bits per heavy atom. The maximum atomic E-state index is 13.5. The first-order valence-corrected chi connectivity index (χ1v) is 6.57. The minimum absolute atomic E-state index is 0. The van der Waals surface area contributed by atoms with Crippen LogP contribution in [0.4, 0.5) is 4.39 Å². The van der Waals surface area contributed by atoms with E-state index in [2.05, 4.69) is 15.5 Å². The van der Waals surface area contributed by atoms with E-state index in [4.69, 9.17) is 4.52 Å². The number of nitrogens with zero attached hydrogens (tertiary/aromatic N) is 2. The van der Waals surface area contributed by atoms with Crippen molar-refractivity contribution in [3.05, 3.63) is 35.5 Å². The third-order valence-electron chi connectivity index (χ3n) is 3.48. The number of aromatic nitrogens is 2. The van der Waals surface area contributed by atoms with Gasteiger partial charge >= 0.3 is 0 Å². The Morgan fingerprint density at radius 1 is 1.35 bits per heavy atom. The first-order valence-electron chi connectivity index (χ1n) is 6.57. The summed E-state index contributed by atoms with van der Waals surface area (Å²) in [6.45, 7) is 2.70. The Bertz CT molecular complexity index is 582. The third-order valence-corrected chi connectivity index (χ3v) is 3.48. The number of benzene rings is 1. The summed E-state index contributed by atoms with van der Waals surface area (Å²) in [5.74, 6) is 0.789. The van der Waals surface area contributed by atoms with Crippen LogP contribution in [0, 0.1) is 12.7 Å². The zero-order valence-electron chi connectivity index (χ0n) is 11.2. The molecule has 0 unspecified atom stereocenters. The van der Waals surface area contributed by atoms with Gasteiger partial charge in [0.25, 0.3) is 0 Å². The topological polar surface area (TPSA) is 51.0 Å². The molecule has 3 rings (SSSR count). The van der Waals surface area contributed by atoms with Crippen molar-refractivity contribution in [3.63, 3.8) is 0 Å². The molecule has 108 valence electrons. The lowest BCUT2D eigenvalue weighted by atomic mass is 10.1. The lowest BCUT2D eigenvalue weighted by Gasteiger charge is -2.19. The summed E-state index contributed by atoms with van der Waals surface area (Å²) in [7, 11) is 0. The fourth-order valence-electron chi connectivity index (χ4n) is 2.29. The van der Waals surface area contributed by atoms with E-state index in [1.165, 1.54) is 12.5 Å². The molecule has 1 aromatic carbocycles. The molecule has 1 saturated heterocycles. The molecule has 1 aliphatic rings. The van der Waals surface area contributed by atoms with Gasteiger partial charge in [0.05, 0.1) is 6.04 Å². The molecule has 1 N–H and O–H groups in total. The van der Waals surface area contributed by atoms with Crippen LogP contribution in [-0.2, 0) is 0 Å². The molecule has 0 radical (unpaired) electrons. The highest BCUT2D eigenvalue weighted by Crippen LogP contribution is 2.24. The molecule has 0 amide bonds. The largest absolute Gasteiger partial charge is 0.337 e. The summed E-state index contributed by atoms with van der Waals surface area (Å²) < 4.78 is 18.8. The van der Waals surface area contributed by atoms with E-state index in [1.807, 2.05) is 0 Å². The van der Waals surface area contributed by atoms with Crippen molar-refractivity contribution in [2.75, 3.05) is 6.54 Å². The number of nitrogens with one attached hydrogen (secondary N) is 1. The van der Waals surface area contributed by atoms with Crippen molar-refractivity contribution in [1.82, 2.24) is 15.5 Å². The van der Waals surface area contributed by atoms with Crippen LogP contribution in [0.1, 0.15) is 36.8 Å². The summed E-state index contributed by atoms with van der Waals surface area (Å²) in [6, 6.07) is 5.10. The molecular weight excluding hydrogens is 281 g/mol. The normalized spacial score (nSPS) is 18.6. The van der Waals surface area contributed by atoms with Crippen molar-refractivity contribution in [3.8, 4) is 11.4 Å². The van der Waals surface area contributed by atoms with Crippen molar-refractivity contribution in [1.29, 1.82) is 0 Å². The van der Waals surface area contributed by atoms with Gasteiger partial charge in [-0.1, -0.05) is 23.7 Å². The first-order chi connectivity index (χ1) is 9.24. The Labute approximate surface area is 123 Å². The van der Waals surface area contributed by atoms with Crippen molar-refractivity contribution in [2.24, 2.45) is 0 Å². The standard InChI is InChI=1S/C14H16FN3O.ClH/c1-9-5-6-10(8-11(9)15)13-17-14(19-18-13)12-4-2-3-7-16-12;/h5-6,8,12,16H,2-4,7H2,1H3;1H/t12-;/m0./s1. The van der Waals surface area contributed by atoms with E-state index in [-0.39, 0.29) is 24.3 Å². The smallest absolute Gasteiger partial charge is 0.244 e. The van der Waals surface area contributed by atoms with Crippen LogP contribution in [0.25, 0.3) is 11.4 Å². The number of piperidine rings is 1. The molecule has 1 aliphatic heterocycles. The lowest BCUT2D eigenvalue weighted by Crippen LogP contribution is -2.26. The molecule has 4 nitrogen and oxygen atoms in total. The van der Waals surface area contributed by atoms with E-state index >= 15 is 0 Å². The summed E-state index contributed by atoms with van der Waals surface area (Å²) in [5, 5.41) is 7.29. The van der Waals surface area contributed by atoms with Crippen LogP contribution in [0.3, 0.4) is 0 Å². The molecule has 0 saturated carbocycles. The van der Waals surface area contributed by atoms with Gasteiger partial charge in [-0.2, -0.15) is 4.98 Å². The zero-order chi connectivity index (χ0) is 13.2. The summed E-state index contributed by atoms with van der Waals surface area (Å²) in [5.41, 5.74) is 1.26. The first kappa shape index (κ1) is 14.9. The molecule has 1 aromatic heterocycles. The molecule has 1 atom stereocenters. The highest BCUT2D eigenvalue weighted by atomic mass is 35.5. The van der Waals surface area contributed by atoms with Gasteiger partial charge in [-0.3, -0.25) is 0 Å². The van der Waals surface area contributed by atoms with Crippen molar-refractivity contribution < 1.29 is 8.91 Å². The van der Waals surface area contributed by atoms with Crippen LogP contribution in [0.15, 0.2) is 22.7 Å². The number of halogens is 2. The fourth-order valence-corrected chi connectivity index (χ4v) is 2.29. The second-order valence-electron chi connectivity index (χ2n) is 4.92. The number of aryl methyl sites for hydroxylation is 1. The van der Waals surface area contributed by atoms with Crippen molar-refractivity contribution >= 4 is 12.4 Å². The molecule has 0 spiro atoms. The number of hydrogen-bond donors (Lipinski definition) is 1. The van der Waals surface area contributed by atoms with E-state index in [0.717, 1.165) is 19.4 Å². The quantitative estimate of drug-likeness (QED) is 0.923. The minimum Gasteiger partial charge on any atom is -0.337 e. The monoisotopic (exact) mass is 297 g/mol. The van der Waals surface area contributed by atoms with Gasteiger partial charge in [-0.25, -0.2) is 4.39 Å². The van der Waals surface area contributed by atoms with Crippen LogP contribution in [0.2, 0.25) is 0 Å². The van der Waals surface area contributed by atoms with Gasteiger partial charge in [0.15, 0.2) is 0 Å². The molecule has 0 aliphatic carbocycles.